The summed E-state index contributed by atoms with van der Waals surface area (Å²) >= 11 is 0. The molecule has 20 heavy (non-hydrogen) atoms. The van der Waals surface area contributed by atoms with Crippen molar-refractivity contribution in [2.24, 2.45) is 0 Å². The standard InChI is InChI=1S/C14H14N2O4/c1-2-10-3-4-12(16(19)20)9-13(10)11-5-7-15(8-6-11)14(17)18/h2-5,9H,1,6-8H2,(H,17,18). The molecule has 0 aromatic heterocycles. The van der Waals surface area contributed by atoms with Gasteiger partial charge in [0, 0.05) is 25.2 Å². The first-order chi connectivity index (χ1) is 9.52. The van der Waals surface area contributed by atoms with E-state index in [9.17, 15) is 14.9 Å². The highest BCUT2D eigenvalue weighted by molar-refractivity contribution is 5.77. The third-order valence-electron chi connectivity index (χ3n) is 3.29. The van der Waals surface area contributed by atoms with Crippen molar-refractivity contribution in [3.05, 3.63) is 52.1 Å². The summed E-state index contributed by atoms with van der Waals surface area (Å²) in [5.74, 6) is 0. The highest BCUT2D eigenvalue weighted by Crippen LogP contribution is 2.29. The van der Waals surface area contributed by atoms with Gasteiger partial charge in [-0.1, -0.05) is 18.7 Å². The van der Waals surface area contributed by atoms with Gasteiger partial charge in [-0.3, -0.25) is 10.1 Å². The highest BCUT2D eigenvalue weighted by atomic mass is 16.6. The fourth-order valence-corrected chi connectivity index (χ4v) is 2.20. The lowest BCUT2D eigenvalue weighted by Gasteiger charge is -2.24. The lowest BCUT2D eigenvalue weighted by molar-refractivity contribution is -0.384. The van der Waals surface area contributed by atoms with Gasteiger partial charge in [0.05, 0.1) is 4.92 Å². The van der Waals surface area contributed by atoms with E-state index in [2.05, 4.69) is 6.58 Å². The molecule has 1 amide bonds. The quantitative estimate of drug-likeness (QED) is 0.678. The summed E-state index contributed by atoms with van der Waals surface area (Å²) in [6.45, 7) is 4.39. The van der Waals surface area contributed by atoms with Crippen LogP contribution in [0.3, 0.4) is 0 Å². The van der Waals surface area contributed by atoms with Crippen LogP contribution in [0.5, 0.6) is 0 Å². The van der Waals surface area contributed by atoms with E-state index >= 15 is 0 Å². The maximum absolute atomic E-state index is 10.9. The first-order valence-corrected chi connectivity index (χ1v) is 6.11. The van der Waals surface area contributed by atoms with Crippen molar-refractivity contribution in [3.63, 3.8) is 0 Å². The highest BCUT2D eigenvalue weighted by Gasteiger charge is 2.19. The van der Waals surface area contributed by atoms with E-state index in [1.165, 1.54) is 17.0 Å². The Kier molecular flexibility index (Phi) is 3.84. The molecule has 1 aromatic carbocycles. The van der Waals surface area contributed by atoms with E-state index in [0.29, 0.717) is 19.5 Å². The molecular formula is C14H14N2O4. The number of hydrogen-bond donors (Lipinski definition) is 1. The Labute approximate surface area is 115 Å². The summed E-state index contributed by atoms with van der Waals surface area (Å²) in [6, 6.07) is 4.61. The first kappa shape index (κ1) is 13.8. The molecule has 6 nitrogen and oxygen atoms in total. The first-order valence-electron chi connectivity index (χ1n) is 6.11. The Hall–Kier alpha value is -2.63. The van der Waals surface area contributed by atoms with Gasteiger partial charge in [-0.25, -0.2) is 4.79 Å². The molecule has 2 rings (SSSR count). The SMILES string of the molecule is C=Cc1ccc([N+](=O)[O-])cc1C1=CCN(C(=O)O)CC1. The molecule has 0 unspecified atom stereocenters. The molecule has 1 aromatic rings. The monoisotopic (exact) mass is 274 g/mol. The number of nitro groups is 1. The number of nitro benzene ring substituents is 1. The van der Waals surface area contributed by atoms with Crippen LogP contribution >= 0.6 is 0 Å². The summed E-state index contributed by atoms with van der Waals surface area (Å²) in [6.07, 6.45) is 3.02. The second-order valence-electron chi connectivity index (χ2n) is 4.44. The van der Waals surface area contributed by atoms with Crippen LogP contribution in [0.25, 0.3) is 11.6 Å². The van der Waals surface area contributed by atoms with Gasteiger partial charge in [-0.2, -0.15) is 0 Å². The number of carboxylic acid groups (broad SMARTS) is 1. The molecule has 0 radical (unpaired) electrons. The van der Waals surface area contributed by atoms with Crippen LogP contribution in [0, 0.1) is 10.1 Å². The zero-order chi connectivity index (χ0) is 14.7. The zero-order valence-electron chi connectivity index (χ0n) is 10.8. The van der Waals surface area contributed by atoms with Gasteiger partial charge in [0.1, 0.15) is 0 Å². The van der Waals surface area contributed by atoms with Crippen LogP contribution in [0.15, 0.2) is 30.9 Å². The smallest absolute Gasteiger partial charge is 0.407 e. The second-order valence-corrected chi connectivity index (χ2v) is 4.44. The van der Waals surface area contributed by atoms with Crippen molar-refractivity contribution in [1.29, 1.82) is 0 Å². The van der Waals surface area contributed by atoms with Crippen LogP contribution in [0.4, 0.5) is 10.5 Å². The third-order valence-corrected chi connectivity index (χ3v) is 3.29. The Morgan fingerprint density at radius 2 is 2.25 bits per heavy atom. The minimum Gasteiger partial charge on any atom is -0.465 e. The van der Waals surface area contributed by atoms with Crippen molar-refractivity contribution < 1.29 is 14.8 Å². The van der Waals surface area contributed by atoms with Crippen LogP contribution in [-0.2, 0) is 0 Å². The molecular weight excluding hydrogens is 260 g/mol. The van der Waals surface area contributed by atoms with Crippen molar-refractivity contribution in [3.8, 4) is 0 Å². The molecule has 104 valence electrons. The molecule has 6 heteroatoms. The topological polar surface area (TPSA) is 83.7 Å². The molecule has 0 fully saturated rings. The maximum atomic E-state index is 10.9. The van der Waals surface area contributed by atoms with E-state index in [4.69, 9.17) is 5.11 Å². The molecule has 1 aliphatic heterocycles. The number of rotatable bonds is 3. The summed E-state index contributed by atoms with van der Waals surface area (Å²) in [5, 5.41) is 19.8. The van der Waals surface area contributed by atoms with E-state index in [1.54, 1.807) is 18.2 Å². The summed E-state index contributed by atoms with van der Waals surface area (Å²) in [5.41, 5.74) is 2.50. The maximum Gasteiger partial charge on any atom is 0.407 e. The van der Waals surface area contributed by atoms with Gasteiger partial charge in [0.2, 0.25) is 0 Å². The largest absolute Gasteiger partial charge is 0.465 e. The lowest BCUT2D eigenvalue weighted by atomic mass is 9.94. The minimum atomic E-state index is -0.955. The van der Waals surface area contributed by atoms with Crippen LogP contribution in [0.1, 0.15) is 17.5 Å². The average Bonchev–Trinajstić information content (AvgIpc) is 2.46. The fraction of sp³-hybridized carbons (Fsp3) is 0.214. The lowest BCUT2D eigenvalue weighted by Crippen LogP contribution is -2.33. The summed E-state index contributed by atoms with van der Waals surface area (Å²) in [7, 11) is 0. The van der Waals surface area contributed by atoms with Gasteiger partial charge in [0.25, 0.3) is 5.69 Å². The van der Waals surface area contributed by atoms with Gasteiger partial charge >= 0.3 is 6.09 Å². The average molecular weight is 274 g/mol. The van der Waals surface area contributed by atoms with Gasteiger partial charge in [-0.15, -0.1) is 0 Å². The van der Waals surface area contributed by atoms with E-state index in [1.807, 2.05) is 0 Å². The van der Waals surface area contributed by atoms with Crippen molar-refractivity contribution in [1.82, 2.24) is 4.90 Å². The van der Waals surface area contributed by atoms with Crippen molar-refractivity contribution >= 4 is 23.4 Å². The summed E-state index contributed by atoms with van der Waals surface area (Å²) < 4.78 is 0. The molecule has 0 bridgehead atoms. The number of non-ortho nitro benzene ring substituents is 1. The Morgan fingerprint density at radius 1 is 1.50 bits per heavy atom. The second kappa shape index (κ2) is 5.56. The molecule has 0 saturated heterocycles. The Bertz CT molecular complexity index is 607. The predicted octanol–water partition coefficient (Wildman–Crippen LogP) is 3.00. The van der Waals surface area contributed by atoms with Crippen molar-refractivity contribution in [2.45, 2.75) is 6.42 Å². The number of nitrogens with zero attached hydrogens (tertiary/aromatic N) is 2. The molecule has 0 atom stereocenters. The van der Waals surface area contributed by atoms with E-state index < -0.39 is 11.0 Å². The summed E-state index contributed by atoms with van der Waals surface area (Å²) in [4.78, 5) is 22.6. The molecule has 0 spiro atoms. The molecule has 0 aliphatic carbocycles. The molecule has 1 aliphatic rings. The Balaban J connectivity index is 2.37. The van der Waals surface area contributed by atoms with E-state index in [-0.39, 0.29) is 5.69 Å². The molecule has 1 N–H and O–H groups in total. The van der Waals surface area contributed by atoms with Crippen LogP contribution in [-0.4, -0.2) is 34.1 Å². The number of amides is 1. The van der Waals surface area contributed by atoms with Crippen LogP contribution < -0.4 is 0 Å². The zero-order valence-corrected chi connectivity index (χ0v) is 10.8. The minimum absolute atomic E-state index is 0.0205. The Morgan fingerprint density at radius 3 is 2.75 bits per heavy atom. The van der Waals surface area contributed by atoms with Gasteiger partial charge in [0.15, 0.2) is 0 Å². The number of hydrogen-bond acceptors (Lipinski definition) is 3. The molecule has 0 saturated carbocycles. The molecule has 1 heterocycles. The van der Waals surface area contributed by atoms with E-state index in [0.717, 1.165) is 16.7 Å². The van der Waals surface area contributed by atoms with Gasteiger partial charge < -0.3 is 10.0 Å². The fourth-order valence-electron chi connectivity index (χ4n) is 2.20. The van der Waals surface area contributed by atoms with Crippen LogP contribution in [0.2, 0.25) is 0 Å². The van der Waals surface area contributed by atoms with Gasteiger partial charge in [-0.05, 0) is 29.2 Å². The normalized spacial score (nSPS) is 14.6. The third kappa shape index (κ3) is 2.69. The predicted molar refractivity (Wildman–Crippen MR) is 75.4 cm³/mol. The van der Waals surface area contributed by atoms with Crippen molar-refractivity contribution in [2.75, 3.05) is 13.1 Å². The number of carbonyl (C=O) groups is 1. The number of benzene rings is 1.